The van der Waals surface area contributed by atoms with Crippen LogP contribution in [-0.4, -0.2) is 30.4 Å². The van der Waals surface area contributed by atoms with Crippen molar-refractivity contribution in [2.45, 2.75) is 51.0 Å². The van der Waals surface area contributed by atoms with E-state index in [0.29, 0.717) is 6.54 Å². The number of carbonyl (C=O) groups excluding carboxylic acids is 1. The third kappa shape index (κ3) is 3.85. The van der Waals surface area contributed by atoms with Crippen molar-refractivity contribution in [2.24, 2.45) is 0 Å². The fraction of sp³-hybridized carbons (Fsp3) is 0.611. The summed E-state index contributed by atoms with van der Waals surface area (Å²) in [5.74, 6) is 0.193. The van der Waals surface area contributed by atoms with Crippen molar-refractivity contribution in [3.63, 3.8) is 0 Å². The van der Waals surface area contributed by atoms with Crippen molar-refractivity contribution in [1.82, 2.24) is 10.2 Å². The van der Waals surface area contributed by atoms with Crippen LogP contribution in [0.15, 0.2) is 24.3 Å². The van der Waals surface area contributed by atoms with Crippen LogP contribution in [0.3, 0.4) is 0 Å². The number of aryl methyl sites for hydroxylation is 1. The predicted molar refractivity (Wildman–Crippen MR) is 85.2 cm³/mol. The van der Waals surface area contributed by atoms with E-state index in [9.17, 15) is 4.79 Å². The number of likely N-dealkylation sites (tertiary alicyclic amines) is 1. The Balaban J connectivity index is 1.58. The normalized spacial score (nSPS) is 23.1. The number of hydrogen-bond donors (Lipinski definition) is 1. The zero-order valence-electron chi connectivity index (χ0n) is 12.8. The highest BCUT2D eigenvalue weighted by Crippen LogP contribution is 2.29. The molecule has 1 atom stereocenters. The minimum absolute atomic E-state index is 0.193. The van der Waals surface area contributed by atoms with Gasteiger partial charge in [0.15, 0.2) is 0 Å². The highest BCUT2D eigenvalue weighted by atomic mass is 16.2. The standard InChI is InChI=1S/C18H26N2O/c21-18(14-20-12-5-1-2-6-13-20)19-17-11-7-9-15-8-3-4-10-16(15)17/h3-4,8,10,17H,1-2,5-7,9,11-14H2,(H,19,21). The van der Waals surface area contributed by atoms with Crippen molar-refractivity contribution in [3.8, 4) is 0 Å². The van der Waals surface area contributed by atoms with Crippen molar-refractivity contribution in [1.29, 1.82) is 0 Å². The van der Waals surface area contributed by atoms with Crippen molar-refractivity contribution >= 4 is 5.91 Å². The maximum atomic E-state index is 12.3. The largest absolute Gasteiger partial charge is 0.348 e. The summed E-state index contributed by atoms with van der Waals surface area (Å²) < 4.78 is 0. The molecule has 1 aromatic rings. The maximum absolute atomic E-state index is 12.3. The Bertz CT molecular complexity index is 478. The van der Waals surface area contributed by atoms with Crippen LogP contribution in [0.5, 0.6) is 0 Å². The summed E-state index contributed by atoms with van der Waals surface area (Å²) in [6.07, 6.45) is 8.49. The highest BCUT2D eigenvalue weighted by Gasteiger charge is 2.22. The lowest BCUT2D eigenvalue weighted by atomic mass is 9.88. The number of nitrogens with zero attached hydrogens (tertiary/aromatic N) is 1. The van der Waals surface area contributed by atoms with Gasteiger partial charge in [0.1, 0.15) is 0 Å². The minimum atomic E-state index is 0.193. The quantitative estimate of drug-likeness (QED) is 0.926. The van der Waals surface area contributed by atoms with E-state index >= 15 is 0 Å². The van der Waals surface area contributed by atoms with Crippen molar-refractivity contribution < 1.29 is 4.79 Å². The number of benzene rings is 1. The van der Waals surface area contributed by atoms with E-state index in [1.54, 1.807) is 0 Å². The van der Waals surface area contributed by atoms with Gasteiger partial charge in [0, 0.05) is 0 Å². The second kappa shape index (κ2) is 7.08. The Morgan fingerprint density at radius 3 is 2.67 bits per heavy atom. The summed E-state index contributed by atoms with van der Waals surface area (Å²) in [4.78, 5) is 14.7. The lowest BCUT2D eigenvalue weighted by molar-refractivity contribution is -0.123. The van der Waals surface area contributed by atoms with Crippen LogP contribution in [0, 0.1) is 0 Å². The molecule has 1 aliphatic heterocycles. The minimum Gasteiger partial charge on any atom is -0.348 e. The lowest BCUT2D eigenvalue weighted by Gasteiger charge is -2.27. The van der Waals surface area contributed by atoms with Gasteiger partial charge in [0.25, 0.3) is 0 Å². The fourth-order valence-electron chi connectivity index (χ4n) is 3.64. The Morgan fingerprint density at radius 1 is 1.10 bits per heavy atom. The molecular formula is C18H26N2O. The second-order valence-corrected chi connectivity index (χ2v) is 6.40. The molecular weight excluding hydrogens is 260 g/mol. The number of carbonyl (C=O) groups is 1. The highest BCUT2D eigenvalue weighted by molar-refractivity contribution is 5.78. The summed E-state index contributed by atoms with van der Waals surface area (Å²) in [5, 5.41) is 3.26. The maximum Gasteiger partial charge on any atom is 0.234 e. The molecule has 1 N–H and O–H groups in total. The molecule has 3 rings (SSSR count). The second-order valence-electron chi connectivity index (χ2n) is 6.40. The van der Waals surface area contributed by atoms with Gasteiger partial charge in [-0.2, -0.15) is 0 Å². The first-order chi connectivity index (χ1) is 10.3. The number of nitrogens with one attached hydrogen (secondary N) is 1. The monoisotopic (exact) mass is 286 g/mol. The third-order valence-corrected chi connectivity index (χ3v) is 4.77. The fourth-order valence-corrected chi connectivity index (χ4v) is 3.64. The average Bonchev–Trinajstić information content (AvgIpc) is 2.76. The SMILES string of the molecule is O=C(CN1CCCCCC1)NC1CCCc2ccccc21. The van der Waals surface area contributed by atoms with Crippen LogP contribution in [0.2, 0.25) is 0 Å². The smallest absolute Gasteiger partial charge is 0.234 e. The molecule has 21 heavy (non-hydrogen) atoms. The zero-order valence-corrected chi connectivity index (χ0v) is 12.8. The van der Waals surface area contributed by atoms with Gasteiger partial charge in [-0.15, -0.1) is 0 Å². The molecule has 0 bridgehead atoms. The van der Waals surface area contributed by atoms with Gasteiger partial charge in [-0.05, 0) is 56.3 Å². The van der Waals surface area contributed by atoms with E-state index in [-0.39, 0.29) is 11.9 Å². The van der Waals surface area contributed by atoms with E-state index < -0.39 is 0 Å². The predicted octanol–water partition coefficient (Wildman–Crippen LogP) is 3.06. The van der Waals surface area contributed by atoms with Crippen LogP contribution in [0.25, 0.3) is 0 Å². The van der Waals surface area contributed by atoms with E-state index in [1.807, 2.05) is 0 Å². The van der Waals surface area contributed by atoms with Gasteiger partial charge in [-0.1, -0.05) is 37.1 Å². The van der Waals surface area contributed by atoms with Crippen molar-refractivity contribution in [3.05, 3.63) is 35.4 Å². The summed E-state index contributed by atoms with van der Waals surface area (Å²) in [5.41, 5.74) is 2.73. The number of rotatable bonds is 3. The van der Waals surface area contributed by atoms with Crippen molar-refractivity contribution in [2.75, 3.05) is 19.6 Å². The van der Waals surface area contributed by atoms with E-state index in [0.717, 1.165) is 25.9 Å². The Labute approximate surface area is 127 Å². The Kier molecular flexibility index (Phi) is 4.91. The molecule has 1 heterocycles. The molecule has 1 amide bonds. The van der Waals surface area contributed by atoms with E-state index in [4.69, 9.17) is 0 Å². The van der Waals surface area contributed by atoms with Gasteiger partial charge in [-0.25, -0.2) is 0 Å². The average molecular weight is 286 g/mol. The lowest BCUT2D eigenvalue weighted by Crippen LogP contribution is -2.40. The number of amides is 1. The summed E-state index contributed by atoms with van der Waals surface area (Å²) in [6, 6.07) is 8.76. The van der Waals surface area contributed by atoms with Crippen LogP contribution < -0.4 is 5.32 Å². The van der Waals surface area contributed by atoms with Gasteiger partial charge in [0.05, 0.1) is 12.6 Å². The molecule has 1 aromatic carbocycles. The van der Waals surface area contributed by atoms with Gasteiger partial charge in [-0.3, -0.25) is 9.69 Å². The Hall–Kier alpha value is -1.35. The summed E-state index contributed by atoms with van der Waals surface area (Å²) in [6.45, 7) is 2.72. The molecule has 0 saturated carbocycles. The van der Waals surface area contributed by atoms with Crippen LogP contribution >= 0.6 is 0 Å². The van der Waals surface area contributed by atoms with Crippen LogP contribution in [-0.2, 0) is 11.2 Å². The first-order valence-corrected chi connectivity index (χ1v) is 8.42. The summed E-state index contributed by atoms with van der Waals surface area (Å²) >= 11 is 0. The number of hydrogen-bond acceptors (Lipinski definition) is 2. The van der Waals surface area contributed by atoms with Gasteiger partial charge in [0.2, 0.25) is 5.91 Å². The van der Waals surface area contributed by atoms with Gasteiger partial charge >= 0.3 is 0 Å². The molecule has 114 valence electrons. The zero-order chi connectivity index (χ0) is 14.5. The Morgan fingerprint density at radius 2 is 1.86 bits per heavy atom. The summed E-state index contributed by atoms with van der Waals surface area (Å²) in [7, 11) is 0. The molecule has 0 radical (unpaired) electrons. The van der Waals surface area contributed by atoms with Crippen LogP contribution in [0.4, 0.5) is 0 Å². The molecule has 1 fully saturated rings. The van der Waals surface area contributed by atoms with Crippen LogP contribution in [0.1, 0.15) is 55.7 Å². The molecule has 2 aliphatic rings. The molecule has 0 aromatic heterocycles. The third-order valence-electron chi connectivity index (χ3n) is 4.77. The molecule has 1 unspecified atom stereocenters. The van der Waals surface area contributed by atoms with Gasteiger partial charge < -0.3 is 5.32 Å². The molecule has 3 nitrogen and oxygen atoms in total. The topological polar surface area (TPSA) is 32.3 Å². The first kappa shape index (κ1) is 14.6. The molecule has 1 saturated heterocycles. The molecule has 3 heteroatoms. The first-order valence-electron chi connectivity index (χ1n) is 8.42. The molecule has 0 spiro atoms. The van der Waals surface area contributed by atoms with E-state index in [2.05, 4.69) is 34.5 Å². The van der Waals surface area contributed by atoms with E-state index in [1.165, 1.54) is 43.2 Å². The molecule has 1 aliphatic carbocycles. The number of fused-ring (bicyclic) bond motifs is 1.